The van der Waals surface area contributed by atoms with Gasteiger partial charge < -0.3 is 0 Å². The summed E-state index contributed by atoms with van der Waals surface area (Å²) >= 11 is -6.28. The van der Waals surface area contributed by atoms with Crippen LogP contribution in [0.5, 0.6) is 0 Å². The summed E-state index contributed by atoms with van der Waals surface area (Å²) in [5.74, 6) is 0.0480. The van der Waals surface area contributed by atoms with E-state index in [1.165, 1.54) is 21.5 Å². The first-order chi connectivity index (χ1) is 32.0. The standard InChI is InChI=1S/2C28H23.C2H3BN2O2.2ClH.Hf/c2*1-19(2)22-17-21-11-8-16-27(28(21)18-22)26-14-6-5-13-25(26)24-15-7-10-20-9-3-4-12-23(20)24;6-1-4-3-5-2-7;;;/h2*3-19H,1-2H3;1-2H,(H-,4,5,6,7);2*1H;/q;;;;;+1/p-1. The zero-order valence-corrected chi connectivity index (χ0v) is 42.5. The number of hydrogen-bond donors (Lipinski definition) is 2. The van der Waals surface area contributed by atoms with Gasteiger partial charge in [-0.1, -0.05) is 0 Å². The first kappa shape index (κ1) is 44.1. The molecule has 2 aliphatic rings. The second kappa shape index (κ2) is 17.5. The molecule has 8 aromatic carbocycles. The molecule has 10 rings (SSSR count). The Bertz CT molecular complexity index is 3080. The van der Waals surface area contributed by atoms with Crippen LogP contribution >= 0.6 is 17.2 Å². The van der Waals surface area contributed by atoms with E-state index in [9.17, 15) is 9.59 Å². The second-order valence-electron chi connectivity index (χ2n) is 18.5. The Labute approximate surface area is 395 Å². The van der Waals surface area contributed by atoms with Crippen LogP contribution < -0.4 is 10.5 Å². The summed E-state index contributed by atoms with van der Waals surface area (Å²) in [5, 5.41) is 10.8. The summed E-state index contributed by atoms with van der Waals surface area (Å²) in [6.07, 6.45) is 5.90. The predicted molar refractivity (Wildman–Crippen MR) is 277 cm³/mol. The molecule has 8 aromatic rings. The average molecular weight is 1070 g/mol. The monoisotopic (exact) mass is 1070 g/mol. The van der Waals surface area contributed by atoms with Gasteiger partial charge in [0.15, 0.2) is 0 Å². The van der Waals surface area contributed by atoms with Crippen LogP contribution in [0.4, 0.5) is 0 Å². The van der Waals surface area contributed by atoms with E-state index in [2.05, 4.69) is 220 Å². The minimum absolute atomic E-state index is 0.0240. The third-order valence-corrected chi connectivity index (χ3v) is 42.7. The topological polar surface area (TPSA) is 58.2 Å². The Morgan fingerprint density at radius 1 is 0.439 bits per heavy atom. The summed E-state index contributed by atoms with van der Waals surface area (Å²) in [5.41, 5.74) is 15.3. The fourth-order valence-corrected chi connectivity index (χ4v) is 41.4. The van der Waals surface area contributed by atoms with E-state index >= 15 is 0 Å². The van der Waals surface area contributed by atoms with Crippen molar-refractivity contribution in [3.8, 4) is 44.5 Å². The van der Waals surface area contributed by atoms with Gasteiger partial charge in [0, 0.05) is 0 Å². The molecule has 2 atom stereocenters. The molecule has 0 spiro atoms. The van der Waals surface area contributed by atoms with Gasteiger partial charge in [-0.3, -0.25) is 0 Å². The molecule has 2 aliphatic carbocycles. The summed E-state index contributed by atoms with van der Waals surface area (Å²) in [6, 6.07) is 60.1. The van der Waals surface area contributed by atoms with Crippen LogP contribution in [0.25, 0.3) is 78.2 Å². The van der Waals surface area contributed by atoms with Crippen LogP contribution in [0.3, 0.4) is 0 Å². The number of carbonyl (C=O) groups excluding carboxylic acids is 2. The van der Waals surface area contributed by atoms with Crippen molar-refractivity contribution in [1.29, 1.82) is 0 Å². The fraction of sp³-hybridized carbons (Fsp3) is 0.138. The Kier molecular flexibility index (Phi) is 11.7. The number of carbonyl (C=O) groups is 2. The van der Waals surface area contributed by atoms with Gasteiger partial charge in [0.2, 0.25) is 0 Å². The predicted octanol–water partition coefficient (Wildman–Crippen LogP) is 15.0. The fourth-order valence-electron chi connectivity index (χ4n) is 11.4. The minimum atomic E-state index is -6.28. The van der Waals surface area contributed by atoms with Crippen LogP contribution in [0.15, 0.2) is 181 Å². The second-order valence-corrected chi connectivity index (χ2v) is 48.9. The molecule has 8 heteroatoms. The van der Waals surface area contributed by atoms with Crippen molar-refractivity contribution in [2.45, 2.75) is 35.0 Å². The van der Waals surface area contributed by atoms with Gasteiger partial charge in [-0.2, -0.15) is 0 Å². The first-order valence-electron chi connectivity index (χ1n) is 22.9. The molecule has 0 saturated heterocycles. The SMILES string of the molecule is CC(C)C1=Cc2c(-c3ccccc3-c3cccc4ccccc34)cccc2[CH]1[Hf]([Cl])([Cl])([B](NC=O)NC=O)[CH]1C(C(C)C)=Cc2c(-c3ccccc3-c3cccc4ccccc34)cccc21. The van der Waals surface area contributed by atoms with Gasteiger partial charge in [-0.05, 0) is 0 Å². The number of hydrogen-bond acceptors (Lipinski definition) is 2. The van der Waals surface area contributed by atoms with Crippen molar-refractivity contribution < 1.29 is 25.5 Å². The molecule has 0 fully saturated rings. The molecule has 4 nitrogen and oxygen atoms in total. The van der Waals surface area contributed by atoms with Crippen LogP contribution in [0, 0.1) is 11.8 Å². The third-order valence-electron chi connectivity index (χ3n) is 14.2. The molecule has 0 aromatic heterocycles. The van der Waals surface area contributed by atoms with Crippen LogP contribution in [0.1, 0.15) is 57.3 Å². The van der Waals surface area contributed by atoms with Crippen molar-refractivity contribution in [3.05, 3.63) is 203 Å². The maximum absolute atomic E-state index is 12.9. The Hall–Kier alpha value is -5.78. The molecule has 0 heterocycles. The van der Waals surface area contributed by atoms with E-state index in [1.807, 2.05) is 0 Å². The molecule has 0 radical (unpaired) electrons. The van der Waals surface area contributed by atoms with Crippen LogP contribution in [0.2, 0.25) is 0 Å². The van der Waals surface area contributed by atoms with E-state index < -0.39 is 27.8 Å². The molecular weight excluding hydrogens is 1020 g/mol. The zero-order valence-electron chi connectivity index (χ0n) is 37.4. The normalized spacial score (nSPS) is 16.0. The van der Waals surface area contributed by atoms with E-state index in [4.69, 9.17) is 17.2 Å². The molecule has 2 amide bonds. The van der Waals surface area contributed by atoms with Crippen molar-refractivity contribution in [3.63, 3.8) is 0 Å². The molecule has 0 saturated carbocycles. The number of rotatable bonds is 13. The van der Waals surface area contributed by atoms with E-state index in [0.29, 0.717) is 12.8 Å². The molecular formula is C58H50BCl2HfN2O2. The van der Waals surface area contributed by atoms with E-state index in [1.54, 1.807) is 0 Å². The Balaban J connectivity index is 1.21. The van der Waals surface area contributed by atoms with E-state index in [0.717, 1.165) is 77.9 Å². The van der Waals surface area contributed by atoms with Crippen molar-refractivity contribution >= 4 is 68.2 Å². The van der Waals surface area contributed by atoms with Crippen molar-refractivity contribution in [2.75, 3.05) is 0 Å². The summed E-state index contributed by atoms with van der Waals surface area (Å²) in [6.45, 7) is 8.77. The van der Waals surface area contributed by atoms with Gasteiger partial charge in [0.25, 0.3) is 0 Å². The van der Waals surface area contributed by atoms with Gasteiger partial charge in [0.05, 0.1) is 0 Å². The van der Waals surface area contributed by atoms with Crippen molar-refractivity contribution in [1.82, 2.24) is 10.5 Å². The number of amides is 2. The van der Waals surface area contributed by atoms with Crippen molar-refractivity contribution in [2.24, 2.45) is 11.8 Å². The van der Waals surface area contributed by atoms with Gasteiger partial charge >= 0.3 is 399 Å². The summed E-state index contributed by atoms with van der Waals surface area (Å²) < 4.78 is -1.99. The molecule has 0 aliphatic heterocycles. The number of allylic oxidation sites excluding steroid dienone is 2. The molecule has 2 unspecified atom stereocenters. The summed E-state index contributed by atoms with van der Waals surface area (Å²) in [4.78, 5) is 25.7. The third kappa shape index (κ3) is 7.07. The Morgan fingerprint density at radius 2 is 0.758 bits per heavy atom. The van der Waals surface area contributed by atoms with Gasteiger partial charge in [0.1, 0.15) is 0 Å². The quantitative estimate of drug-likeness (QED) is 0.0893. The number of benzene rings is 8. The first-order valence-corrected chi connectivity index (χ1v) is 38.0. The molecule has 2 N–H and O–H groups in total. The maximum atomic E-state index is 12.9. The molecule has 325 valence electrons. The molecule has 0 bridgehead atoms. The zero-order chi connectivity index (χ0) is 45.8. The average Bonchev–Trinajstić information content (AvgIpc) is 3.96. The summed E-state index contributed by atoms with van der Waals surface area (Å²) in [7, 11) is 17.8. The van der Waals surface area contributed by atoms with Crippen LogP contribution in [-0.4, -0.2) is 17.4 Å². The number of nitrogens with one attached hydrogen (secondary N) is 2. The van der Waals surface area contributed by atoms with Crippen LogP contribution in [-0.2, 0) is 25.5 Å². The van der Waals surface area contributed by atoms with E-state index in [-0.39, 0.29) is 11.8 Å². The Morgan fingerprint density at radius 3 is 1.15 bits per heavy atom. The number of fused-ring (bicyclic) bond motifs is 4. The van der Waals surface area contributed by atoms with Gasteiger partial charge in [-0.15, -0.1) is 0 Å². The van der Waals surface area contributed by atoms with Gasteiger partial charge in [-0.25, -0.2) is 0 Å². The molecule has 66 heavy (non-hydrogen) atoms. The number of halogens is 2.